The van der Waals surface area contributed by atoms with Crippen molar-refractivity contribution in [2.75, 3.05) is 19.6 Å². The van der Waals surface area contributed by atoms with Crippen LogP contribution in [-0.4, -0.2) is 53.3 Å². The van der Waals surface area contributed by atoms with E-state index in [0.29, 0.717) is 30.5 Å². The number of hydrogen-bond donors (Lipinski definition) is 1. The Kier molecular flexibility index (Phi) is 5.49. The molecule has 0 aromatic heterocycles. The summed E-state index contributed by atoms with van der Waals surface area (Å²) in [6.45, 7) is 3.39. The molecule has 3 aliphatic carbocycles. The minimum Gasteiger partial charge on any atom is -0.338 e. The van der Waals surface area contributed by atoms with Gasteiger partial charge in [0.05, 0.1) is 0 Å². The molecule has 4 fully saturated rings. The molecule has 2 amide bonds. The first-order chi connectivity index (χ1) is 15.7. The molecule has 1 saturated heterocycles. The molecule has 5 heteroatoms. The van der Waals surface area contributed by atoms with Gasteiger partial charge in [-0.3, -0.25) is 9.59 Å². The van der Waals surface area contributed by atoms with E-state index in [1.54, 1.807) is 0 Å². The van der Waals surface area contributed by atoms with Crippen molar-refractivity contribution in [1.82, 2.24) is 15.1 Å². The largest absolute Gasteiger partial charge is 0.338 e. The number of amides is 2. The molecule has 1 aromatic carbocycles. The molecular weight excluding hydrogens is 398 g/mol. The predicted molar refractivity (Wildman–Crippen MR) is 124 cm³/mol. The van der Waals surface area contributed by atoms with Crippen LogP contribution in [0.5, 0.6) is 0 Å². The van der Waals surface area contributed by atoms with Gasteiger partial charge in [-0.2, -0.15) is 0 Å². The monoisotopic (exact) mass is 435 g/mol. The lowest BCUT2D eigenvalue weighted by Gasteiger charge is -2.34. The summed E-state index contributed by atoms with van der Waals surface area (Å²) < 4.78 is 0. The highest BCUT2D eigenvalue weighted by atomic mass is 16.2. The minimum absolute atomic E-state index is 0.209. The molecule has 0 bridgehead atoms. The van der Waals surface area contributed by atoms with Crippen molar-refractivity contribution < 1.29 is 9.59 Å². The van der Waals surface area contributed by atoms with Gasteiger partial charge in [0.25, 0.3) is 5.91 Å². The van der Waals surface area contributed by atoms with Crippen molar-refractivity contribution in [3.05, 3.63) is 34.9 Å². The number of nitrogens with one attached hydrogen (secondary N) is 1. The number of likely N-dealkylation sites (tertiary alicyclic amines) is 1. The van der Waals surface area contributed by atoms with Gasteiger partial charge in [-0.05, 0) is 73.6 Å². The lowest BCUT2D eigenvalue weighted by Crippen LogP contribution is -2.48. The molecule has 3 saturated carbocycles. The van der Waals surface area contributed by atoms with E-state index in [9.17, 15) is 9.59 Å². The lowest BCUT2D eigenvalue weighted by atomic mass is 9.87. The SMILES string of the molecule is O=C(C1CCCCC1)N1CCc2cc(C(=O)N3CC4CC4[C@H]3CNC3CCC3)ccc2C1. The number of nitrogens with zero attached hydrogens (tertiary/aromatic N) is 2. The number of carbonyl (C=O) groups is 2. The summed E-state index contributed by atoms with van der Waals surface area (Å²) in [5, 5.41) is 3.72. The van der Waals surface area contributed by atoms with Crippen LogP contribution < -0.4 is 5.32 Å². The first-order valence-electron chi connectivity index (χ1n) is 13.1. The molecule has 1 aromatic rings. The molecule has 2 heterocycles. The normalized spacial score (nSPS) is 29.9. The maximum absolute atomic E-state index is 13.5. The molecule has 1 N–H and O–H groups in total. The van der Waals surface area contributed by atoms with Gasteiger partial charge in [0.2, 0.25) is 5.91 Å². The van der Waals surface area contributed by atoms with E-state index < -0.39 is 0 Å². The first-order valence-corrected chi connectivity index (χ1v) is 13.1. The van der Waals surface area contributed by atoms with Crippen molar-refractivity contribution in [3.63, 3.8) is 0 Å². The van der Waals surface area contributed by atoms with Gasteiger partial charge in [0, 0.05) is 49.7 Å². The van der Waals surface area contributed by atoms with Crippen molar-refractivity contribution in [3.8, 4) is 0 Å². The van der Waals surface area contributed by atoms with Crippen molar-refractivity contribution in [2.24, 2.45) is 17.8 Å². The summed E-state index contributed by atoms with van der Waals surface area (Å²) >= 11 is 0. The molecule has 0 spiro atoms. The second-order valence-corrected chi connectivity index (χ2v) is 11.0. The second-order valence-electron chi connectivity index (χ2n) is 11.0. The van der Waals surface area contributed by atoms with Gasteiger partial charge in [-0.25, -0.2) is 0 Å². The molecule has 2 aliphatic heterocycles. The van der Waals surface area contributed by atoms with Gasteiger partial charge in [-0.1, -0.05) is 31.7 Å². The second kappa shape index (κ2) is 8.48. The average molecular weight is 436 g/mol. The maximum atomic E-state index is 13.5. The van der Waals surface area contributed by atoms with E-state index >= 15 is 0 Å². The summed E-state index contributed by atoms with van der Waals surface area (Å²) in [6, 6.07) is 7.29. The van der Waals surface area contributed by atoms with Crippen LogP contribution in [0.15, 0.2) is 18.2 Å². The first kappa shape index (κ1) is 20.7. The molecule has 172 valence electrons. The van der Waals surface area contributed by atoms with Crippen LogP contribution in [0.4, 0.5) is 0 Å². The number of benzene rings is 1. The predicted octanol–water partition coefficient (Wildman–Crippen LogP) is 3.75. The third-order valence-electron chi connectivity index (χ3n) is 9.02. The third kappa shape index (κ3) is 3.87. The van der Waals surface area contributed by atoms with Gasteiger partial charge in [0.1, 0.15) is 0 Å². The molecule has 2 unspecified atom stereocenters. The van der Waals surface area contributed by atoms with E-state index in [0.717, 1.165) is 50.4 Å². The van der Waals surface area contributed by atoms with Gasteiger partial charge in [0.15, 0.2) is 0 Å². The molecular formula is C27H37N3O2. The van der Waals surface area contributed by atoms with Crippen LogP contribution in [0, 0.1) is 17.8 Å². The average Bonchev–Trinajstić information content (AvgIpc) is 3.49. The lowest BCUT2D eigenvalue weighted by molar-refractivity contribution is -0.137. The fraction of sp³-hybridized carbons (Fsp3) is 0.704. The van der Waals surface area contributed by atoms with Gasteiger partial charge >= 0.3 is 0 Å². The quantitative estimate of drug-likeness (QED) is 0.766. The molecule has 6 rings (SSSR count). The molecule has 5 nitrogen and oxygen atoms in total. The smallest absolute Gasteiger partial charge is 0.254 e. The van der Waals surface area contributed by atoms with E-state index in [2.05, 4.69) is 27.2 Å². The van der Waals surface area contributed by atoms with Crippen LogP contribution in [0.25, 0.3) is 0 Å². The van der Waals surface area contributed by atoms with E-state index in [4.69, 9.17) is 0 Å². The topological polar surface area (TPSA) is 52.7 Å². The highest BCUT2D eigenvalue weighted by Crippen LogP contribution is 2.49. The Labute approximate surface area is 191 Å². The summed E-state index contributed by atoms with van der Waals surface area (Å²) in [7, 11) is 0. The number of piperidine rings is 1. The summed E-state index contributed by atoms with van der Waals surface area (Å²) in [6.07, 6.45) is 11.9. The Bertz CT molecular complexity index is 889. The van der Waals surface area contributed by atoms with Gasteiger partial charge < -0.3 is 15.1 Å². The zero-order valence-corrected chi connectivity index (χ0v) is 19.2. The van der Waals surface area contributed by atoms with Crippen LogP contribution in [-0.2, 0) is 17.8 Å². The van der Waals surface area contributed by atoms with Crippen LogP contribution in [0.1, 0.15) is 79.3 Å². The Hall–Kier alpha value is -1.88. The van der Waals surface area contributed by atoms with Crippen molar-refractivity contribution >= 4 is 11.8 Å². The Morgan fingerprint density at radius 2 is 1.84 bits per heavy atom. The maximum Gasteiger partial charge on any atom is 0.254 e. The fourth-order valence-corrected chi connectivity index (χ4v) is 6.61. The standard InChI is InChI=1S/C27H37N3O2/c31-26(18-5-2-1-3-6-18)29-12-11-19-13-20(9-10-21(19)16-29)27(32)30-17-22-14-24(22)25(30)15-28-23-7-4-8-23/h9-10,13,18,22-25,28H,1-8,11-12,14-17H2/t22?,24?,25-/m1/s1. The number of hydrogen-bond acceptors (Lipinski definition) is 3. The van der Waals surface area contributed by atoms with Crippen LogP contribution in [0.3, 0.4) is 0 Å². The molecule has 32 heavy (non-hydrogen) atoms. The summed E-state index contributed by atoms with van der Waals surface area (Å²) in [5.41, 5.74) is 3.33. The Morgan fingerprint density at radius 1 is 1.00 bits per heavy atom. The van der Waals surface area contributed by atoms with Crippen molar-refractivity contribution in [2.45, 2.75) is 82.8 Å². The van der Waals surface area contributed by atoms with Crippen LogP contribution in [0.2, 0.25) is 0 Å². The molecule has 0 radical (unpaired) electrons. The van der Waals surface area contributed by atoms with E-state index in [1.807, 2.05) is 6.07 Å². The number of fused-ring (bicyclic) bond motifs is 2. The Morgan fingerprint density at radius 3 is 2.62 bits per heavy atom. The van der Waals surface area contributed by atoms with E-state index in [1.165, 1.54) is 56.1 Å². The number of carbonyl (C=O) groups excluding carboxylic acids is 2. The highest BCUT2D eigenvalue weighted by Gasteiger charge is 2.53. The van der Waals surface area contributed by atoms with Crippen LogP contribution >= 0.6 is 0 Å². The zero-order valence-electron chi connectivity index (χ0n) is 19.2. The molecule has 3 atom stereocenters. The summed E-state index contributed by atoms with van der Waals surface area (Å²) in [4.78, 5) is 30.7. The third-order valence-corrected chi connectivity index (χ3v) is 9.02. The minimum atomic E-state index is 0.209. The fourth-order valence-electron chi connectivity index (χ4n) is 6.61. The van der Waals surface area contributed by atoms with Gasteiger partial charge in [-0.15, -0.1) is 0 Å². The highest BCUT2D eigenvalue weighted by molar-refractivity contribution is 5.95. The number of rotatable bonds is 5. The summed E-state index contributed by atoms with van der Waals surface area (Å²) in [5.74, 6) is 2.24. The molecule has 5 aliphatic rings. The van der Waals surface area contributed by atoms with Crippen molar-refractivity contribution in [1.29, 1.82) is 0 Å². The van der Waals surface area contributed by atoms with E-state index in [-0.39, 0.29) is 11.8 Å². The Balaban J connectivity index is 1.11. The zero-order chi connectivity index (χ0) is 21.7.